The summed E-state index contributed by atoms with van der Waals surface area (Å²) in [5.41, 5.74) is 1.02. The van der Waals surface area contributed by atoms with E-state index < -0.39 is 0 Å². The second-order valence-electron chi connectivity index (χ2n) is 5.27. The second-order valence-corrected chi connectivity index (χ2v) is 5.27. The number of ether oxygens (including phenoxy) is 3. The lowest BCUT2D eigenvalue weighted by Gasteiger charge is -2.39. The monoisotopic (exact) mass is 263 g/mol. The first-order valence-electron chi connectivity index (χ1n) is 6.95. The van der Waals surface area contributed by atoms with Crippen molar-refractivity contribution in [1.29, 1.82) is 0 Å². The van der Waals surface area contributed by atoms with Crippen molar-refractivity contribution in [1.82, 2.24) is 5.32 Å². The normalized spacial score (nSPS) is 29.1. The molecule has 0 bridgehead atoms. The molecule has 4 heteroatoms. The largest absolute Gasteiger partial charge is 0.494 e. The van der Waals surface area contributed by atoms with Crippen LogP contribution in [-0.4, -0.2) is 32.4 Å². The summed E-state index contributed by atoms with van der Waals surface area (Å²) in [7, 11) is 1.77. The maximum absolute atomic E-state index is 6.28. The highest BCUT2D eigenvalue weighted by Crippen LogP contribution is 2.44. The highest BCUT2D eigenvalue weighted by atomic mass is 16.5. The van der Waals surface area contributed by atoms with Crippen molar-refractivity contribution < 1.29 is 14.2 Å². The lowest BCUT2D eigenvalue weighted by molar-refractivity contribution is -0.0204. The van der Waals surface area contributed by atoms with Crippen LogP contribution in [0.3, 0.4) is 0 Å². The van der Waals surface area contributed by atoms with Crippen LogP contribution >= 0.6 is 0 Å². The zero-order valence-corrected chi connectivity index (χ0v) is 11.6. The van der Waals surface area contributed by atoms with Crippen LogP contribution in [0.15, 0.2) is 18.2 Å². The number of rotatable bonds is 3. The zero-order valence-electron chi connectivity index (χ0n) is 11.6. The maximum Gasteiger partial charge on any atom is 0.129 e. The van der Waals surface area contributed by atoms with Crippen LogP contribution in [-0.2, 0) is 4.74 Å². The zero-order chi connectivity index (χ0) is 13.3. The Morgan fingerprint density at radius 1 is 1.47 bits per heavy atom. The quantitative estimate of drug-likeness (QED) is 0.908. The molecule has 0 radical (unpaired) electrons. The van der Waals surface area contributed by atoms with E-state index in [-0.39, 0.29) is 11.7 Å². The minimum Gasteiger partial charge on any atom is -0.494 e. The van der Waals surface area contributed by atoms with Crippen LogP contribution in [0.1, 0.15) is 31.4 Å². The first kappa shape index (κ1) is 12.8. The van der Waals surface area contributed by atoms with Gasteiger partial charge in [0, 0.05) is 38.1 Å². The smallest absolute Gasteiger partial charge is 0.129 e. The van der Waals surface area contributed by atoms with Crippen molar-refractivity contribution >= 4 is 0 Å². The summed E-state index contributed by atoms with van der Waals surface area (Å²) in [5, 5.41) is 3.39. The van der Waals surface area contributed by atoms with Crippen LogP contribution in [0.4, 0.5) is 0 Å². The molecule has 2 unspecified atom stereocenters. The highest BCUT2D eigenvalue weighted by molar-refractivity contribution is 5.44. The number of hydrogen-bond acceptors (Lipinski definition) is 4. The Morgan fingerprint density at radius 2 is 2.37 bits per heavy atom. The molecule has 0 saturated carbocycles. The third-order valence-electron chi connectivity index (χ3n) is 4.02. The first-order chi connectivity index (χ1) is 9.26. The van der Waals surface area contributed by atoms with Gasteiger partial charge >= 0.3 is 0 Å². The number of methoxy groups -OCH3 is 1. The molecule has 1 N–H and O–H groups in total. The van der Waals surface area contributed by atoms with Crippen LogP contribution in [0, 0.1) is 0 Å². The van der Waals surface area contributed by atoms with Gasteiger partial charge in [0.15, 0.2) is 0 Å². The van der Waals surface area contributed by atoms with Gasteiger partial charge in [-0.3, -0.25) is 0 Å². The van der Waals surface area contributed by atoms with Crippen LogP contribution < -0.4 is 14.8 Å². The van der Waals surface area contributed by atoms with Crippen LogP contribution in [0.25, 0.3) is 0 Å². The van der Waals surface area contributed by atoms with Gasteiger partial charge in [-0.1, -0.05) is 0 Å². The Bertz CT molecular complexity index is 455. The molecule has 2 aliphatic heterocycles. The number of hydrogen-bond donors (Lipinski definition) is 1. The Hall–Kier alpha value is -1.26. The molecule has 2 heterocycles. The molecule has 1 saturated heterocycles. The van der Waals surface area contributed by atoms with E-state index in [1.54, 1.807) is 7.11 Å². The molecule has 0 amide bonds. The van der Waals surface area contributed by atoms with Gasteiger partial charge in [0.05, 0.1) is 12.7 Å². The summed E-state index contributed by atoms with van der Waals surface area (Å²) < 4.78 is 17.5. The summed E-state index contributed by atoms with van der Waals surface area (Å²) in [6, 6.07) is 6.04. The Balaban J connectivity index is 1.94. The average Bonchev–Trinajstić information content (AvgIpc) is 2.85. The predicted molar refractivity (Wildman–Crippen MR) is 72.8 cm³/mol. The van der Waals surface area contributed by atoms with E-state index in [9.17, 15) is 0 Å². The highest BCUT2D eigenvalue weighted by Gasteiger charge is 2.43. The van der Waals surface area contributed by atoms with Crippen molar-refractivity contribution in [2.45, 2.75) is 31.5 Å². The third-order valence-corrected chi connectivity index (χ3v) is 4.02. The molecule has 104 valence electrons. The van der Waals surface area contributed by atoms with Gasteiger partial charge in [0.25, 0.3) is 0 Å². The SMILES string of the molecule is CCOc1ccc2c(c1)OC1(CCNC1)CC2OC. The van der Waals surface area contributed by atoms with E-state index >= 15 is 0 Å². The van der Waals surface area contributed by atoms with Crippen molar-refractivity contribution in [2.75, 3.05) is 26.8 Å². The van der Waals surface area contributed by atoms with E-state index in [0.29, 0.717) is 6.61 Å². The molecular formula is C15H21NO3. The fourth-order valence-electron chi connectivity index (χ4n) is 3.04. The summed E-state index contributed by atoms with van der Waals surface area (Å²) in [6.07, 6.45) is 2.06. The van der Waals surface area contributed by atoms with Gasteiger partial charge < -0.3 is 19.5 Å². The molecular weight excluding hydrogens is 242 g/mol. The van der Waals surface area contributed by atoms with Crippen LogP contribution in [0.2, 0.25) is 0 Å². The molecule has 2 atom stereocenters. The summed E-state index contributed by atoms with van der Waals surface area (Å²) in [6.45, 7) is 4.56. The van der Waals surface area contributed by atoms with Gasteiger partial charge in [-0.2, -0.15) is 0 Å². The van der Waals surface area contributed by atoms with Crippen molar-refractivity contribution in [3.8, 4) is 11.5 Å². The van der Waals surface area contributed by atoms with E-state index in [4.69, 9.17) is 14.2 Å². The molecule has 0 aromatic heterocycles. The van der Waals surface area contributed by atoms with Gasteiger partial charge in [-0.15, -0.1) is 0 Å². The third kappa shape index (κ3) is 2.30. The van der Waals surface area contributed by atoms with Gasteiger partial charge in [0.1, 0.15) is 17.1 Å². The first-order valence-corrected chi connectivity index (χ1v) is 6.95. The predicted octanol–water partition coefficient (Wildman–Crippen LogP) is 2.29. The van der Waals surface area contributed by atoms with Gasteiger partial charge in [-0.05, 0) is 25.6 Å². The lowest BCUT2D eigenvalue weighted by atomic mass is 9.88. The van der Waals surface area contributed by atoms with Crippen LogP contribution in [0.5, 0.6) is 11.5 Å². The molecule has 1 aromatic carbocycles. The van der Waals surface area contributed by atoms with Crippen molar-refractivity contribution in [2.24, 2.45) is 0 Å². The summed E-state index contributed by atoms with van der Waals surface area (Å²) in [4.78, 5) is 0. The fraction of sp³-hybridized carbons (Fsp3) is 0.600. The Labute approximate surface area is 114 Å². The Morgan fingerprint density at radius 3 is 3.05 bits per heavy atom. The number of fused-ring (bicyclic) bond motifs is 1. The number of benzene rings is 1. The maximum atomic E-state index is 6.28. The molecule has 2 aliphatic rings. The standard InChI is InChI=1S/C15H21NO3/c1-3-18-11-4-5-12-13(8-11)19-15(6-7-16-10-15)9-14(12)17-2/h4-5,8,14,16H,3,6-7,9-10H2,1-2H3. The molecule has 4 nitrogen and oxygen atoms in total. The van der Waals surface area contributed by atoms with Gasteiger partial charge in [-0.25, -0.2) is 0 Å². The molecule has 3 rings (SSSR count). The second kappa shape index (κ2) is 5.02. The van der Waals surface area contributed by atoms with E-state index in [2.05, 4.69) is 11.4 Å². The molecule has 19 heavy (non-hydrogen) atoms. The summed E-state index contributed by atoms with van der Waals surface area (Å²) >= 11 is 0. The van der Waals surface area contributed by atoms with Crippen molar-refractivity contribution in [3.63, 3.8) is 0 Å². The van der Waals surface area contributed by atoms with E-state index in [1.165, 1.54) is 0 Å². The average molecular weight is 263 g/mol. The lowest BCUT2D eigenvalue weighted by Crippen LogP contribution is -2.43. The molecule has 1 aromatic rings. The molecule has 0 aliphatic carbocycles. The summed E-state index contributed by atoms with van der Waals surface area (Å²) in [5.74, 6) is 1.77. The van der Waals surface area contributed by atoms with Crippen molar-refractivity contribution in [3.05, 3.63) is 23.8 Å². The number of nitrogens with one attached hydrogen (secondary N) is 1. The minimum absolute atomic E-state index is 0.110. The minimum atomic E-state index is -0.113. The van der Waals surface area contributed by atoms with E-state index in [0.717, 1.165) is 43.0 Å². The van der Waals surface area contributed by atoms with Gasteiger partial charge in [0.2, 0.25) is 0 Å². The Kier molecular flexibility index (Phi) is 3.37. The molecule has 1 spiro atoms. The molecule has 1 fully saturated rings. The topological polar surface area (TPSA) is 39.7 Å². The fourth-order valence-corrected chi connectivity index (χ4v) is 3.04. The van der Waals surface area contributed by atoms with E-state index in [1.807, 2.05) is 19.1 Å².